The standard InChI is InChI=1S/C25H28N4O2/c1-18-6-4-8-21(16-18)24-26-23(31-27-24)17-28-14-11-20(12-15-28)25(30)29-13-5-9-19-7-2-3-10-22(19)29/h2-4,6-8,10,16,20H,5,9,11-15,17H2,1H3. The van der Waals surface area contributed by atoms with Crippen molar-refractivity contribution in [2.45, 2.75) is 39.2 Å². The van der Waals surface area contributed by atoms with Crippen LogP contribution in [0.2, 0.25) is 0 Å². The highest BCUT2D eigenvalue weighted by molar-refractivity contribution is 5.96. The van der Waals surface area contributed by atoms with Gasteiger partial charge >= 0.3 is 0 Å². The molecule has 0 unspecified atom stereocenters. The summed E-state index contributed by atoms with van der Waals surface area (Å²) < 4.78 is 5.49. The van der Waals surface area contributed by atoms with E-state index in [9.17, 15) is 4.79 Å². The van der Waals surface area contributed by atoms with Crippen LogP contribution in [0.1, 0.15) is 36.3 Å². The average Bonchev–Trinajstić information content (AvgIpc) is 3.27. The molecule has 0 bridgehead atoms. The molecule has 0 aliphatic carbocycles. The second kappa shape index (κ2) is 8.63. The third kappa shape index (κ3) is 4.26. The molecule has 1 amide bonds. The number of hydrogen-bond donors (Lipinski definition) is 0. The molecule has 3 aromatic rings. The van der Waals surface area contributed by atoms with Crippen molar-refractivity contribution in [2.75, 3.05) is 24.5 Å². The summed E-state index contributed by atoms with van der Waals surface area (Å²) in [6.07, 6.45) is 3.85. The Bertz CT molecular complexity index is 1070. The first-order valence-corrected chi connectivity index (χ1v) is 11.2. The van der Waals surface area contributed by atoms with Gasteiger partial charge in [-0.3, -0.25) is 9.69 Å². The van der Waals surface area contributed by atoms with Gasteiger partial charge in [-0.2, -0.15) is 4.98 Å². The van der Waals surface area contributed by atoms with Crippen LogP contribution in [0.25, 0.3) is 11.4 Å². The minimum atomic E-state index is 0.0907. The third-order valence-corrected chi connectivity index (χ3v) is 6.42. The van der Waals surface area contributed by atoms with E-state index in [1.807, 2.05) is 23.1 Å². The molecule has 0 radical (unpaired) electrons. The Balaban J connectivity index is 1.18. The lowest BCUT2D eigenvalue weighted by molar-refractivity contribution is -0.124. The lowest BCUT2D eigenvalue weighted by Gasteiger charge is -2.36. The van der Waals surface area contributed by atoms with Gasteiger partial charge in [0.25, 0.3) is 0 Å². The minimum Gasteiger partial charge on any atom is -0.338 e. The normalized spacial score (nSPS) is 17.5. The van der Waals surface area contributed by atoms with E-state index in [4.69, 9.17) is 4.52 Å². The first-order valence-electron chi connectivity index (χ1n) is 11.2. The molecule has 0 N–H and O–H groups in total. The van der Waals surface area contributed by atoms with E-state index in [2.05, 4.69) is 52.3 Å². The van der Waals surface area contributed by atoms with Crippen LogP contribution < -0.4 is 4.90 Å². The fourth-order valence-corrected chi connectivity index (χ4v) is 4.73. The maximum absolute atomic E-state index is 13.2. The molecule has 2 aliphatic rings. The number of piperidine rings is 1. The van der Waals surface area contributed by atoms with Crippen LogP contribution in [-0.2, 0) is 17.8 Å². The highest BCUT2D eigenvalue weighted by Gasteiger charge is 2.31. The summed E-state index contributed by atoms with van der Waals surface area (Å²) in [5, 5.41) is 4.15. The largest absolute Gasteiger partial charge is 0.338 e. The van der Waals surface area contributed by atoms with Crippen LogP contribution in [0.15, 0.2) is 53.1 Å². The number of rotatable bonds is 4. The monoisotopic (exact) mass is 416 g/mol. The van der Waals surface area contributed by atoms with Crippen LogP contribution in [-0.4, -0.2) is 40.6 Å². The molecule has 3 heterocycles. The Labute approximate surface area is 182 Å². The number of aryl methyl sites for hydroxylation is 2. The van der Waals surface area contributed by atoms with Gasteiger partial charge in [0.05, 0.1) is 6.54 Å². The van der Waals surface area contributed by atoms with Crippen molar-refractivity contribution in [3.63, 3.8) is 0 Å². The number of hydrogen-bond acceptors (Lipinski definition) is 5. The number of carbonyl (C=O) groups is 1. The molecule has 1 saturated heterocycles. The quantitative estimate of drug-likeness (QED) is 0.637. The fraction of sp³-hybridized carbons (Fsp3) is 0.400. The zero-order valence-corrected chi connectivity index (χ0v) is 18.0. The summed E-state index contributed by atoms with van der Waals surface area (Å²) in [6, 6.07) is 16.4. The number of nitrogens with zero attached hydrogens (tertiary/aromatic N) is 4. The number of aromatic nitrogens is 2. The first-order chi connectivity index (χ1) is 15.2. The van der Waals surface area contributed by atoms with Crippen LogP contribution in [0.4, 0.5) is 5.69 Å². The van der Waals surface area contributed by atoms with Gasteiger partial charge in [-0.15, -0.1) is 0 Å². The maximum Gasteiger partial charge on any atom is 0.241 e. The van der Waals surface area contributed by atoms with Crippen molar-refractivity contribution in [3.05, 3.63) is 65.5 Å². The van der Waals surface area contributed by atoms with Gasteiger partial charge in [0.15, 0.2) is 0 Å². The minimum absolute atomic E-state index is 0.0907. The molecular weight excluding hydrogens is 388 g/mol. The average molecular weight is 417 g/mol. The SMILES string of the molecule is Cc1cccc(-c2noc(CN3CCC(C(=O)N4CCCc5ccccc54)CC3)n2)c1. The number of para-hydroxylation sites is 1. The van der Waals surface area contributed by atoms with E-state index in [-0.39, 0.29) is 11.8 Å². The van der Waals surface area contributed by atoms with Crippen molar-refractivity contribution < 1.29 is 9.32 Å². The van der Waals surface area contributed by atoms with Crippen molar-refractivity contribution >= 4 is 11.6 Å². The molecule has 0 saturated carbocycles. The molecule has 6 nitrogen and oxygen atoms in total. The zero-order chi connectivity index (χ0) is 21.2. The molecule has 1 fully saturated rings. The van der Waals surface area contributed by atoms with E-state index >= 15 is 0 Å². The maximum atomic E-state index is 13.2. The van der Waals surface area contributed by atoms with Crippen LogP contribution in [0.5, 0.6) is 0 Å². The van der Waals surface area contributed by atoms with E-state index in [0.717, 1.165) is 56.6 Å². The molecule has 31 heavy (non-hydrogen) atoms. The van der Waals surface area contributed by atoms with Crippen LogP contribution >= 0.6 is 0 Å². The van der Waals surface area contributed by atoms with Gasteiger partial charge < -0.3 is 9.42 Å². The fourth-order valence-electron chi connectivity index (χ4n) is 4.73. The number of amides is 1. The molecule has 6 heteroatoms. The second-order valence-electron chi connectivity index (χ2n) is 8.65. The number of fused-ring (bicyclic) bond motifs is 1. The Hall–Kier alpha value is -2.99. The molecule has 0 atom stereocenters. The summed E-state index contributed by atoms with van der Waals surface area (Å²) >= 11 is 0. The van der Waals surface area contributed by atoms with Crippen LogP contribution in [0.3, 0.4) is 0 Å². The van der Waals surface area contributed by atoms with E-state index in [1.165, 1.54) is 11.1 Å². The molecule has 160 valence electrons. The number of anilines is 1. The van der Waals surface area contributed by atoms with Crippen molar-refractivity contribution in [3.8, 4) is 11.4 Å². The van der Waals surface area contributed by atoms with Gasteiger partial charge in [-0.1, -0.05) is 47.1 Å². The predicted molar refractivity (Wildman–Crippen MR) is 120 cm³/mol. The topological polar surface area (TPSA) is 62.5 Å². The molecule has 1 aromatic heterocycles. The Morgan fingerprint density at radius 2 is 1.94 bits per heavy atom. The lowest BCUT2D eigenvalue weighted by atomic mass is 9.93. The van der Waals surface area contributed by atoms with Gasteiger partial charge in [0, 0.05) is 23.7 Å². The molecule has 5 rings (SSSR count). The lowest BCUT2D eigenvalue weighted by Crippen LogP contribution is -2.44. The van der Waals surface area contributed by atoms with Gasteiger partial charge in [0.1, 0.15) is 0 Å². The summed E-state index contributed by atoms with van der Waals surface area (Å²) in [5.74, 6) is 1.64. The smallest absolute Gasteiger partial charge is 0.241 e. The summed E-state index contributed by atoms with van der Waals surface area (Å²) in [7, 11) is 0. The van der Waals surface area contributed by atoms with E-state index in [0.29, 0.717) is 18.3 Å². The molecule has 2 aromatic carbocycles. The van der Waals surface area contributed by atoms with Gasteiger partial charge in [0.2, 0.25) is 17.6 Å². The summed E-state index contributed by atoms with van der Waals surface area (Å²) in [4.78, 5) is 22.1. The van der Waals surface area contributed by atoms with Gasteiger partial charge in [-0.25, -0.2) is 0 Å². The highest BCUT2D eigenvalue weighted by Crippen LogP contribution is 2.30. The first kappa shape index (κ1) is 19.9. The molecule has 2 aliphatic heterocycles. The van der Waals surface area contributed by atoms with Crippen molar-refractivity contribution in [1.82, 2.24) is 15.0 Å². The number of benzene rings is 2. The Morgan fingerprint density at radius 3 is 2.77 bits per heavy atom. The summed E-state index contributed by atoms with van der Waals surface area (Å²) in [6.45, 7) is 5.26. The molecular formula is C25H28N4O2. The zero-order valence-electron chi connectivity index (χ0n) is 18.0. The van der Waals surface area contributed by atoms with E-state index < -0.39 is 0 Å². The highest BCUT2D eigenvalue weighted by atomic mass is 16.5. The Morgan fingerprint density at radius 1 is 1.10 bits per heavy atom. The predicted octanol–water partition coefficient (Wildman–Crippen LogP) is 4.24. The second-order valence-corrected chi connectivity index (χ2v) is 8.65. The number of likely N-dealkylation sites (tertiary alicyclic amines) is 1. The Kier molecular flexibility index (Phi) is 5.55. The third-order valence-electron chi connectivity index (χ3n) is 6.42. The number of carbonyl (C=O) groups excluding carboxylic acids is 1. The van der Waals surface area contributed by atoms with Crippen molar-refractivity contribution in [1.29, 1.82) is 0 Å². The van der Waals surface area contributed by atoms with Crippen molar-refractivity contribution in [2.24, 2.45) is 5.92 Å². The summed E-state index contributed by atoms with van der Waals surface area (Å²) in [5.41, 5.74) is 4.55. The van der Waals surface area contributed by atoms with Gasteiger partial charge in [-0.05, 0) is 63.4 Å². The molecule has 0 spiro atoms. The van der Waals surface area contributed by atoms with E-state index in [1.54, 1.807) is 0 Å². The van der Waals surface area contributed by atoms with Crippen LogP contribution in [0, 0.1) is 12.8 Å².